The summed E-state index contributed by atoms with van der Waals surface area (Å²) in [5, 5.41) is 31.8. The zero-order valence-corrected chi connectivity index (χ0v) is 10.7. The SMILES string of the molecule is O=C(O)c1cc2oc3ccccc3c2c([N+](=O)[O-])c1[N+](=O)[O-]. The van der Waals surface area contributed by atoms with Crippen LogP contribution < -0.4 is 0 Å². The number of rotatable bonds is 3. The number of nitro benzene ring substituents is 2. The number of hydrogen-bond acceptors (Lipinski definition) is 6. The summed E-state index contributed by atoms with van der Waals surface area (Å²) in [7, 11) is 0. The maximum Gasteiger partial charge on any atom is 0.361 e. The largest absolute Gasteiger partial charge is 0.477 e. The van der Waals surface area contributed by atoms with Crippen LogP contribution in [0, 0.1) is 20.2 Å². The van der Waals surface area contributed by atoms with Crippen LogP contribution in [0.4, 0.5) is 11.4 Å². The Balaban J connectivity index is 2.64. The third-order valence-electron chi connectivity index (χ3n) is 3.21. The molecule has 9 heteroatoms. The maximum atomic E-state index is 11.3. The Kier molecular flexibility index (Phi) is 2.77. The van der Waals surface area contributed by atoms with Gasteiger partial charge in [-0.3, -0.25) is 20.2 Å². The van der Waals surface area contributed by atoms with E-state index >= 15 is 0 Å². The van der Waals surface area contributed by atoms with Gasteiger partial charge in [0, 0.05) is 11.5 Å². The molecule has 110 valence electrons. The van der Waals surface area contributed by atoms with Gasteiger partial charge in [-0.05, 0) is 6.07 Å². The van der Waals surface area contributed by atoms with E-state index in [0.717, 1.165) is 6.07 Å². The van der Waals surface area contributed by atoms with Crippen LogP contribution in [0.2, 0.25) is 0 Å². The van der Waals surface area contributed by atoms with E-state index in [4.69, 9.17) is 9.52 Å². The molecule has 0 aliphatic rings. The predicted molar refractivity (Wildman–Crippen MR) is 74.0 cm³/mol. The number of furan rings is 1. The number of fused-ring (bicyclic) bond motifs is 3. The summed E-state index contributed by atoms with van der Waals surface area (Å²) in [6, 6.07) is 7.20. The van der Waals surface area contributed by atoms with Gasteiger partial charge in [0.25, 0.3) is 0 Å². The minimum Gasteiger partial charge on any atom is -0.477 e. The molecule has 0 aliphatic carbocycles. The van der Waals surface area contributed by atoms with E-state index in [0.29, 0.717) is 5.39 Å². The van der Waals surface area contributed by atoms with Gasteiger partial charge < -0.3 is 9.52 Å². The number of para-hydroxylation sites is 1. The Bertz CT molecular complexity index is 973. The van der Waals surface area contributed by atoms with Crippen molar-refractivity contribution in [1.29, 1.82) is 0 Å². The number of hydrogen-bond donors (Lipinski definition) is 1. The van der Waals surface area contributed by atoms with Crippen molar-refractivity contribution in [2.75, 3.05) is 0 Å². The second-order valence-electron chi connectivity index (χ2n) is 4.41. The molecule has 0 spiro atoms. The van der Waals surface area contributed by atoms with Crippen LogP contribution in [0.25, 0.3) is 21.9 Å². The summed E-state index contributed by atoms with van der Waals surface area (Å²) in [5.74, 6) is -1.64. The molecule has 9 nitrogen and oxygen atoms in total. The van der Waals surface area contributed by atoms with E-state index in [9.17, 15) is 25.0 Å². The van der Waals surface area contributed by atoms with Crippen molar-refractivity contribution < 1.29 is 24.2 Å². The number of nitrogens with zero attached hydrogens (tertiary/aromatic N) is 2. The average Bonchev–Trinajstić information content (AvgIpc) is 2.82. The Morgan fingerprint density at radius 1 is 1.05 bits per heavy atom. The lowest BCUT2D eigenvalue weighted by atomic mass is 10.1. The van der Waals surface area contributed by atoms with Crippen molar-refractivity contribution >= 4 is 39.3 Å². The summed E-state index contributed by atoms with van der Waals surface area (Å²) in [4.78, 5) is 31.6. The molecule has 0 saturated heterocycles. The molecule has 1 N–H and O–H groups in total. The smallest absolute Gasteiger partial charge is 0.361 e. The number of nitro groups is 2. The quantitative estimate of drug-likeness (QED) is 0.579. The Morgan fingerprint density at radius 3 is 2.27 bits per heavy atom. The molecule has 0 atom stereocenters. The third-order valence-corrected chi connectivity index (χ3v) is 3.21. The molecule has 1 heterocycles. The van der Waals surface area contributed by atoms with Crippen LogP contribution in [0.15, 0.2) is 34.7 Å². The van der Waals surface area contributed by atoms with Gasteiger partial charge >= 0.3 is 17.3 Å². The van der Waals surface area contributed by atoms with Crippen LogP contribution in [0.1, 0.15) is 10.4 Å². The number of aromatic carboxylic acids is 1. The highest BCUT2D eigenvalue weighted by molar-refractivity contribution is 6.14. The van der Waals surface area contributed by atoms with Crippen LogP contribution in [-0.4, -0.2) is 20.9 Å². The van der Waals surface area contributed by atoms with E-state index in [-0.39, 0.29) is 16.6 Å². The second-order valence-corrected chi connectivity index (χ2v) is 4.41. The van der Waals surface area contributed by atoms with E-state index in [1.807, 2.05) is 0 Å². The maximum absolute atomic E-state index is 11.3. The Labute approximate surface area is 120 Å². The Morgan fingerprint density at radius 2 is 1.68 bits per heavy atom. The molecular formula is C13H6N2O7. The molecule has 0 radical (unpaired) electrons. The van der Waals surface area contributed by atoms with Crippen molar-refractivity contribution in [3.8, 4) is 0 Å². The van der Waals surface area contributed by atoms with Gasteiger partial charge in [0.2, 0.25) is 0 Å². The van der Waals surface area contributed by atoms with Crippen molar-refractivity contribution in [3.63, 3.8) is 0 Å². The summed E-state index contributed by atoms with van der Waals surface area (Å²) >= 11 is 0. The van der Waals surface area contributed by atoms with Crippen LogP contribution in [0.5, 0.6) is 0 Å². The molecule has 0 saturated carbocycles. The highest BCUT2D eigenvalue weighted by atomic mass is 16.6. The van der Waals surface area contributed by atoms with Crippen molar-refractivity contribution in [1.82, 2.24) is 0 Å². The zero-order chi connectivity index (χ0) is 16.0. The monoisotopic (exact) mass is 302 g/mol. The molecular weight excluding hydrogens is 296 g/mol. The number of benzene rings is 2. The van der Waals surface area contributed by atoms with Crippen molar-refractivity contribution in [2.45, 2.75) is 0 Å². The van der Waals surface area contributed by atoms with Gasteiger partial charge in [-0.25, -0.2) is 4.79 Å². The average molecular weight is 302 g/mol. The van der Waals surface area contributed by atoms with Crippen LogP contribution >= 0.6 is 0 Å². The fraction of sp³-hybridized carbons (Fsp3) is 0. The number of carbonyl (C=O) groups is 1. The normalized spacial score (nSPS) is 10.9. The fourth-order valence-electron chi connectivity index (χ4n) is 2.38. The van der Waals surface area contributed by atoms with Crippen molar-refractivity contribution in [3.05, 3.63) is 56.1 Å². The summed E-state index contributed by atoms with van der Waals surface area (Å²) < 4.78 is 5.38. The second kappa shape index (κ2) is 4.52. The van der Waals surface area contributed by atoms with E-state index in [2.05, 4.69) is 0 Å². The first-order valence-corrected chi connectivity index (χ1v) is 5.92. The minimum absolute atomic E-state index is 0.0858. The number of carboxylic acid groups (broad SMARTS) is 1. The molecule has 22 heavy (non-hydrogen) atoms. The minimum atomic E-state index is -1.64. The van der Waals surface area contributed by atoms with Gasteiger partial charge in [0.15, 0.2) is 0 Å². The summed E-state index contributed by atoms with van der Waals surface area (Å²) in [6.07, 6.45) is 0. The zero-order valence-electron chi connectivity index (χ0n) is 10.7. The molecule has 0 amide bonds. The lowest BCUT2D eigenvalue weighted by Crippen LogP contribution is -2.06. The van der Waals surface area contributed by atoms with Gasteiger partial charge in [-0.15, -0.1) is 0 Å². The van der Waals surface area contributed by atoms with E-state index in [1.54, 1.807) is 12.1 Å². The van der Waals surface area contributed by atoms with E-state index in [1.165, 1.54) is 12.1 Å². The van der Waals surface area contributed by atoms with E-state index < -0.39 is 32.8 Å². The van der Waals surface area contributed by atoms with Gasteiger partial charge in [-0.2, -0.15) is 0 Å². The standard InChI is InChI=1S/C13H6N2O7/c16-13(17)7-5-9-10(6-3-1-2-4-8(6)22-9)12(15(20)21)11(7)14(18)19/h1-5H,(H,16,17). The first-order chi connectivity index (χ1) is 10.4. The molecule has 0 aliphatic heterocycles. The topological polar surface area (TPSA) is 137 Å². The lowest BCUT2D eigenvalue weighted by Gasteiger charge is -2.00. The first-order valence-electron chi connectivity index (χ1n) is 5.92. The molecule has 3 aromatic rings. The van der Waals surface area contributed by atoms with Gasteiger partial charge in [0.1, 0.15) is 22.1 Å². The summed E-state index contributed by atoms with van der Waals surface area (Å²) in [5.41, 5.74) is -2.54. The molecule has 2 aromatic carbocycles. The van der Waals surface area contributed by atoms with Gasteiger partial charge in [-0.1, -0.05) is 18.2 Å². The molecule has 0 bridgehead atoms. The highest BCUT2D eigenvalue weighted by Gasteiger charge is 2.37. The highest BCUT2D eigenvalue weighted by Crippen LogP contribution is 2.43. The number of carboxylic acids is 1. The summed E-state index contributed by atoms with van der Waals surface area (Å²) in [6.45, 7) is 0. The van der Waals surface area contributed by atoms with Crippen LogP contribution in [0.3, 0.4) is 0 Å². The molecule has 3 rings (SSSR count). The first kappa shape index (κ1) is 13.5. The molecule has 0 fully saturated rings. The molecule has 1 aromatic heterocycles. The third kappa shape index (κ3) is 1.76. The molecule has 0 unspecified atom stereocenters. The fourth-order valence-corrected chi connectivity index (χ4v) is 2.38. The van der Waals surface area contributed by atoms with Crippen molar-refractivity contribution in [2.24, 2.45) is 0 Å². The Hall–Kier alpha value is -3.49. The lowest BCUT2D eigenvalue weighted by molar-refractivity contribution is -0.421. The van der Waals surface area contributed by atoms with Gasteiger partial charge in [0.05, 0.1) is 9.85 Å². The predicted octanol–water partition coefficient (Wildman–Crippen LogP) is 3.10. The van der Waals surface area contributed by atoms with Crippen LogP contribution in [-0.2, 0) is 0 Å².